The van der Waals surface area contributed by atoms with Crippen molar-refractivity contribution in [2.45, 2.75) is 5.22 Å². The van der Waals surface area contributed by atoms with E-state index in [1.807, 2.05) is 24.3 Å². The van der Waals surface area contributed by atoms with Crippen LogP contribution in [0.25, 0.3) is 11.5 Å². The summed E-state index contributed by atoms with van der Waals surface area (Å²) in [6.45, 7) is 1.92. The Morgan fingerprint density at radius 1 is 1.09 bits per heavy atom. The maximum atomic E-state index is 12.5. The molecule has 1 N–H and O–H groups in total. The Bertz CT molecular complexity index is 1180. The number of anilines is 2. The second kappa shape index (κ2) is 9.67. The molecule has 1 aliphatic heterocycles. The highest BCUT2D eigenvalue weighted by Crippen LogP contribution is 2.28. The summed E-state index contributed by atoms with van der Waals surface area (Å²) in [4.78, 5) is 18.6. The highest BCUT2D eigenvalue weighted by molar-refractivity contribution is 7.99. The van der Waals surface area contributed by atoms with Crippen LogP contribution in [-0.2, 0) is 14.8 Å². The number of pyridine rings is 1. The smallest absolute Gasteiger partial charge is 0.277 e. The average Bonchev–Trinajstić information content (AvgIpc) is 3.27. The first-order valence-electron chi connectivity index (χ1n) is 9.86. The highest BCUT2D eigenvalue weighted by atomic mass is 32.2. The van der Waals surface area contributed by atoms with Crippen LogP contribution in [0, 0.1) is 0 Å². The minimum atomic E-state index is -3.20. The van der Waals surface area contributed by atoms with Crippen molar-refractivity contribution in [3.63, 3.8) is 0 Å². The van der Waals surface area contributed by atoms with Crippen molar-refractivity contribution >= 4 is 39.1 Å². The summed E-state index contributed by atoms with van der Waals surface area (Å²) in [5.41, 5.74) is 2.29. The van der Waals surface area contributed by atoms with Gasteiger partial charge in [0.15, 0.2) is 0 Å². The lowest BCUT2D eigenvalue weighted by Crippen LogP contribution is -2.48. The molecular formula is C20H22N6O4S2. The number of hydrogen-bond donors (Lipinski definition) is 1. The van der Waals surface area contributed by atoms with Gasteiger partial charge in [-0.2, -0.15) is 4.31 Å². The molecule has 0 bridgehead atoms. The van der Waals surface area contributed by atoms with Crippen LogP contribution in [-0.4, -0.2) is 72.0 Å². The molecule has 32 heavy (non-hydrogen) atoms. The molecule has 1 aliphatic rings. The fraction of sp³-hybridized carbons (Fsp3) is 0.300. The summed E-state index contributed by atoms with van der Waals surface area (Å²) in [7, 11) is -3.20. The van der Waals surface area contributed by atoms with Gasteiger partial charge < -0.3 is 14.6 Å². The molecule has 1 aromatic carbocycles. The van der Waals surface area contributed by atoms with Gasteiger partial charge in [-0.05, 0) is 24.3 Å². The van der Waals surface area contributed by atoms with Gasteiger partial charge in [0, 0.05) is 44.1 Å². The van der Waals surface area contributed by atoms with Crippen LogP contribution in [0.1, 0.15) is 0 Å². The molecule has 1 saturated heterocycles. The lowest BCUT2D eigenvalue weighted by Gasteiger charge is -2.35. The summed E-state index contributed by atoms with van der Waals surface area (Å²) >= 11 is 1.15. The molecule has 2 aromatic heterocycles. The van der Waals surface area contributed by atoms with Crippen molar-refractivity contribution in [1.29, 1.82) is 0 Å². The Morgan fingerprint density at radius 2 is 1.81 bits per heavy atom. The largest absolute Gasteiger partial charge is 0.411 e. The molecule has 12 heteroatoms. The number of sulfonamides is 1. The molecule has 3 heterocycles. The third kappa shape index (κ3) is 5.44. The van der Waals surface area contributed by atoms with Crippen LogP contribution in [0.2, 0.25) is 0 Å². The number of amides is 1. The van der Waals surface area contributed by atoms with E-state index in [1.165, 1.54) is 10.6 Å². The number of piperazine rings is 1. The number of carbonyl (C=O) groups is 1. The van der Waals surface area contributed by atoms with Crippen molar-refractivity contribution < 1.29 is 17.6 Å². The summed E-state index contributed by atoms with van der Waals surface area (Å²) < 4.78 is 30.5. The minimum Gasteiger partial charge on any atom is -0.411 e. The van der Waals surface area contributed by atoms with Crippen LogP contribution in [0.4, 0.5) is 11.4 Å². The highest BCUT2D eigenvalue weighted by Gasteiger charge is 2.24. The third-order valence-electron chi connectivity index (χ3n) is 4.89. The molecule has 0 radical (unpaired) electrons. The number of aromatic nitrogens is 3. The number of thioether (sulfide) groups is 1. The molecule has 0 spiro atoms. The van der Waals surface area contributed by atoms with E-state index >= 15 is 0 Å². The number of para-hydroxylation sites is 2. The van der Waals surface area contributed by atoms with E-state index in [0.29, 0.717) is 43.0 Å². The molecule has 0 saturated carbocycles. The van der Waals surface area contributed by atoms with E-state index in [4.69, 9.17) is 4.42 Å². The van der Waals surface area contributed by atoms with E-state index in [0.717, 1.165) is 23.0 Å². The Balaban J connectivity index is 1.35. The van der Waals surface area contributed by atoms with Gasteiger partial charge in [0.1, 0.15) is 0 Å². The van der Waals surface area contributed by atoms with E-state index in [-0.39, 0.29) is 11.7 Å². The van der Waals surface area contributed by atoms with Crippen molar-refractivity contribution in [3.8, 4) is 11.5 Å². The second-order valence-electron chi connectivity index (χ2n) is 7.11. The normalized spacial score (nSPS) is 15.0. The van der Waals surface area contributed by atoms with Gasteiger partial charge in [-0.3, -0.25) is 9.78 Å². The predicted octanol–water partition coefficient (Wildman–Crippen LogP) is 1.94. The van der Waals surface area contributed by atoms with Gasteiger partial charge in [-0.25, -0.2) is 8.42 Å². The van der Waals surface area contributed by atoms with Crippen molar-refractivity contribution in [2.24, 2.45) is 0 Å². The summed E-state index contributed by atoms with van der Waals surface area (Å²) in [5.74, 6) is 0.267. The van der Waals surface area contributed by atoms with Crippen molar-refractivity contribution in [3.05, 3.63) is 48.8 Å². The monoisotopic (exact) mass is 474 g/mol. The maximum absolute atomic E-state index is 12.5. The molecule has 1 fully saturated rings. The van der Waals surface area contributed by atoms with Gasteiger partial charge in [0.25, 0.3) is 5.22 Å². The zero-order valence-corrected chi connectivity index (χ0v) is 19.0. The topological polar surface area (TPSA) is 122 Å². The lowest BCUT2D eigenvalue weighted by molar-refractivity contribution is -0.113. The summed E-state index contributed by atoms with van der Waals surface area (Å²) in [6.07, 6.45) is 4.49. The molecule has 1 amide bonds. The summed E-state index contributed by atoms with van der Waals surface area (Å²) in [6, 6.07) is 11.0. The molecule has 3 aromatic rings. The quantitative estimate of drug-likeness (QED) is 0.512. The zero-order valence-electron chi connectivity index (χ0n) is 17.3. The Kier molecular flexibility index (Phi) is 6.72. The van der Waals surface area contributed by atoms with Crippen LogP contribution < -0.4 is 10.2 Å². The minimum absolute atomic E-state index is 0.105. The van der Waals surface area contributed by atoms with E-state index in [9.17, 15) is 13.2 Å². The standard InChI is InChI=1S/C20H22N6O4S2/c1-32(28,29)26-12-10-25(11-13-26)17-5-3-2-4-16(17)22-18(27)14-31-20-24-23-19(30-20)15-6-8-21-9-7-15/h2-9H,10-14H2,1H3,(H,22,27). The number of hydrogen-bond acceptors (Lipinski definition) is 9. The Labute approximate surface area is 190 Å². The number of nitrogens with zero attached hydrogens (tertiary/aromatic N) is 5. The lowest BCUT2D eigenvalue weighted by atomic mass is 10.2. The molecule has 168 valence electrons. The van der Waals surface area contributed by atoms with Gasteiger partial charge in [0.05, 0.1) is 23.4 Å². The molecule has 0 unspecified atom stereocenters. The van der Waals surface area contributed by atoms with Gasteiger partial charge >= 0.3 is 0 Å². The van der Waals surface area contributed by atoms with E-state index in [2.05, 4.69) is 25.4 Å². The van der Waals surface area contributed by atoms with Crippen molar-refractivity contribution in [1.82, 2.24) is 19.5 Å². The van der Waals surface area contributed by atoms with Crippen LogP contribution >= 0.6 is 11.8 Å². The van der Waals surface area contributed by atoms with E-state index in [1.54, 1.807) is 24.5 Å². The number of benzene rings is 1. The first kappa shape index (κ1) is 22.2. The predicted molar refractivity (Wildman–Crippen MR) is 122 cm³/mol. The molecular weight excluding hydrogens is 452 g/mol. The first-order valence-corrected chi connectivity index (χ1v) is 12.7. The van der Waals surface area contributed by atoms with Crippen LogP contribution in [0.15, 0.2) is 58.4 Å². The molecule has 0 aliphatic carbocycles. The van der Waals surface area contributed by atoms with Crippen molar-refractivity contribution in [2.75, 3.05) is 48.4 Å². The molecule has 10 nitrogen and oxygen atoms in total. The maximum Gasteiger partial charge on any atom is 0.277 e. The van der Waals surface area contributed by atoms with E-state index < -0.39 is 10.0 Å². The Morgan fingerprint density at radius 3 is 2.53 bits per heavy atom. The van der Waals surface area contributed by atoms with Gasteiger partial charge in [0.2, 0.25) is 21.8 Å². The summed E-state index contributed by atoms with van der Waals surface area (Å²) in [5, 5.41) is 11.2. The first-order chi connectivity index (χ1) is 15.4. The SMILES string of the molecule is CS(=O)(=O)N1CCN(c2ccccc2NC(=O)CSc2nnc(-c3ccncc3)o2)CC1. The second-order valence-corrected chi connectivity index (χ2v) is 10.0. The fourth-order valence-corrected chi connectivity index (χ4v) is 4.70. The van der Waals surface area contributed by atoms with Gasteiger partial charge in [-0.15, -0.1) is 10.2 Å². The molecule has 0 atom stereocenters. The average molecular weight is 475 g/mol. The number of rotatable bonds is 7. The Hall–Kier alpha value is -2.96. The van der Waals surface area contributed by atoms with Crippen LogP contribution in [0.5, 0.6) is 0 Å². The van der Waals surface area contributed by atoms with Gasteiger partial charge in [-0.1, -0.05) is 23.9 Å². The third-order valence-corrected chi connectivity index (χ3v) is 7.01. The van der Waals surface area contributed by atoms with Crippen LogP contribution in [0.3, 0.4) is 0 Å². The number of nitrogens with one attached hydrogen (secondary N) is 1. The number of carbonyl (C=O) groups excluding carboxylic acids is 1. The zero-order chi connectivity index (χ0) is 22.6. The molecule has 4 rings (SSSR count). The fourth-order valence-electron chi connectivity index (χ4n) is 3.31.